The Kier molecular flexibility index (Phi) is 2.63. The fraction of sp³-hybridized carbons (Fsp3) is 0.188. The van der Waals surface area contributed by atoms with Crippen LogP contribution in [0.25, 0.3) is 0 Å². The van der Waals surface area contributed by atoms with Gasteiger partial charge in [-0.2, -0.15) is 0 Å². The molecule has 0 radical (unpaired) electrons. The summed E-state index contributed by atoms with van der Waals surface area (Å²) in [4.78, 5) is 10.8. The van der Waals surface area contributed by atoms with Gasteiger partial charge in [0, 0.05) is 0 Å². The molecule has 3 rings (SSSR count). The molecule has 1 aliphatic rings. The van der Waals surface area contributed by atoms with Gasteiger partial charge in [0.1, 0.15) is 0 Å². The van der Waals surface area contributed by atoms with E-state index in [-0.39, 0.29) is 0 Å². The number of hydrogen-bond donors (Lipinski definition) is 1. The third kappa shape index (κ3) is 2.02. The molecule has 2 aromatic rings. The van der Waals surface area contributed by atoms with Crippen molar-refractivity contribution in [2.45, 2.75) is 18.3 Å². The molecule has 0 amide bonds. The predicted octanol–water partition coefficient (Wildman–Crippen LogP) is 3.66. The van der Waals surface area contributed by atoms with Crippen LogP contribution in [0.15, 0.2) is 54.6 Å². The van der Waals surface area contributed by atoms with Crippen molar-refractivity contribution < 1.29 is 9.90 Å². The van der Waals surface area contributed by atoms with E-state index >= 15 is 0 Å². The summed E-state index contributed by atoms with van der Waals surface area (Å²) in [5.74, 6) is 0.286. The molecular formula is C16H14O2. The molecular weight excluding hydrogens is 224 g/mol. The highest BCUT2D eigenvalue weighted by molar-refractivity contribution is 5.87. The van der Waals surface area contributed by atoms with Gasteiger partial charge in [0.25, 0.3) is 0 Å². The molecule has 0 bridgehead atoms. The fourth-order valence-electron chi connectivity index (χ4n) is 2.50. The summed E-state index contributed by atoms with van der Waals surface area (Å²) in [5.41, 5.74) is 2.98. The first kappa shape index (κ1) is 11.0. The zero-order chi connectivity index (χ0) is 12.5. The Labute approximate surface area is 106 Å². The Morgan fingerprint density at radius 3 is 2.00 bits per heavy atom. The van der Waals surface area contributed by atoms with Crippen molar-refractivity contribution in [3.05, 3.63) is 71.3 Å². The van der Waals surface area contributed by atoms with E-state index in [2.05, 4.69) is 24.3 Å². The monoisotopic (exact) mass is 238 g/mol. The maximum atomic E-state index is 10.8. The van der Waals surface area contributed by atoms with Gasteiger partial charge in [0.2, 0.25) is 0 Å². The molecule has 18 heavy (non-hydrogen) atoms. The first-order valence-corrected chi connectivity index (χ1v) is 6.14. The van der Waals surface area contributed by atoms with Gasteiger partial charge >= 0.3 is 5.97 Å². The minimum absolute atomic E-state index is 0.357. The van der Waals surface area contributed by atoms with Crippen LogP contribution in [-0.2, 0) is 0 Å². The molecule has 0 saturated heterocycles. The smallest absolute Gasteiger partial charge is 0.335 e. The number of rotatable bonds is 3. The summed E-state index contributed by atoms with van der Waals surface area (Å²) >= 11 is 0. The van der Waals surface area contributed by atoms with Crippen LogP contribution in [0.5, 0.6) is 0 Å². The second-order valence-corrected chi connectivity index (χ2v) is 4.79. The molecule has 1 N–H and O–H groups in total. The third-order valence-corrected chi connectivity index (χ3v) is 3.60. The van der Waals surface area contributed by atoms with E-state index in [0.717, 1.165) is 6.42 Å². The Hall–Kier alpha value is -2.09. The second-order valence-electron chi connectivity index (χ2n) is 4.79. The largest absolute Gasteiger partial charge is 0.478 e. The summed E-state index contributed by atoms with van der Waals surface area (Å²) in [7, 11) is 0. The molecule has 0 aromatic heterocycles. The fourth-order valence-corrected chi connectivity index (χ4v) is 2.50. The molecule has 1 aliphatic carbocycles. The highest BCUT2D eigenvalue weighted by Gasteiger charge is 2.39. The average Bonchev–Trinajstić information content (AvgIpc) is 3.20. The van der Waals surface area contributed by atoms with E-state index in [1.165, 1.54) is 11.1 Å². The average molecular weight is 238 g/mol. The SMILES string of the molecule is O=C(O)c1ccc([C@@H]2C[C@@H]2c2ccccc2)cc1. The number of carboxylic acid groups (broad SMARTS) is 1. The van der Waals surface area contributed by atoms with Crippen molar-refractivity contribution in [2.75, 3.05) is 0 Å². The van der Waals surface area contributed by atoms with Crippen LogP contribution < -0.4 is 0 Å². The van der Waals surface area contributed by atoms with Gasteiger partial charge < -0.3 is 5.11 Å². The van der Waals surface area contributed by atoms with Gasteiger partial charge in [-0.15, -0.1) is 0 Å². The van der Waals surface area contributed by atoms with Gasteiger partial charge in [0.15, 0.2) is 0 Å². The van der Waals surface area contributed by atoms with Crippen LogP contribution in [0.3, 0.4) is 0 Å². The van der Waals surface area contributed by atoms with E-state index in [1.54, 1.807) is 12.1 Å². The van der Waals surface area contributed by atoms with E-state index in [1.807, 2.05) is 18.2 Å². The number of benzene rings is 2. The third-order valence-electron chi connectivity index (χ3n) is 3.60. The first-order chi connectivity index (χ1) is 8.75. The summed E-state index contributed by atoms with van der Waals surface area (Å²) < 4.78 is 0. The van der Waals surface area contributed by atoms with Gasteiger partial charge in [-0.3, -0.25) is 0 Å². The maximum absolute atomic E-state index is 10.8. The maximum Gasteiger partial charge on any atom is 0.335 e. The standard InChI is InChI=1S/C16H14O2/c17-16(18)13-8-6-12(7-9-13)15-10-14(15)11-4-2-1-3-5-11/h1-9,14-15H,10H2,(H,17,18)/t14-,15+/m1/s1. The second kappa shape index (κ2) is 4.30. The summed E-state index contributed by atoms with van der Waals surface area (Å²) in [6.07, 6.45) is 1.16. The van der Waals surface area contributed by atoms with Crippen molar-refractivity contribution >= 4 is 5.97 Å². The molecule has 0 heterocycles. The number of carboxylic acids is 1. The summed E-state index contributed by atoms with van der Waals surface area (Å²) in [6, 6.07) is 17.8. The molecule has 2 aromatic carbocycles. The van der Waals surface area contributed by atoms with Gasteiger partial charge in [0.05, 0.1) is 5.56 Å². The molecule has 0 unspecified atom stereocenters. The quantitative estimate of drug-likeness (QED) is 0.886. The van der Waals surface area contributed by atoms with Crippen LogP contribution >= 0.6 is 0 Å². The lowest BCUT2D eigenvalue weighted by atomic mass is 10.0. The van der Waals surface area contributed by atoms with E-state index in [0.29, 0.717) is 17.4 Å². The number of aromatic carboxylic acids is 1. The molecule has 2 atom stereocenters. The van der Waals surface area contributed by atoms with Crippen molar-refractivity contribution in [2.24, 2.45) is 0 Å². The molecule has 1 saturated carbocycles. The van der Waals surface area contributed by atoms with Crippen LogP contribution in [-0.4, -0.2) is 11.1 Å². The van der Waals surface area contributed by atoms with Crippen LogP contribution in [0, 0.1) is 0 Å². The minimum Gasteiger partial charge on any atom is -0.478 e. The highest BCUT2D eigenvalue weighted by atomic mass is 16.4. The molecule has 90 valence electrons. The van der Waals surface area contributed by atoms with Gasteiger partial charge in [-0.05, 0) is 41.5 Å². The lowest BCUT2D eigenvalue weighted by Crippen LogP contribution is -1.95. The summed E-state index contributed by atoms with van der Waals surface area (Å²) in [5, 5.41) is 8.86. The topological polar surface area (TPSA) is 37.3 Å². The highest BCUT2D eigenvalue weighted by Crippen LogP contribution is 2.54. The Bertz CT molecular complexity index is 557. The molecule has 0 aliphatic heterocycles. The predicted molar refractivity (Wildman–Crippen MR) is 69.9 cm³/mol. The number of carbonyl (C=O) groups is 1. The zero-order valence-corrected chi connectivity index (χ0v) is 9.91. The van der Waals surface area contributed by atoms with Gasteiger partial charge in [-0.1, -0.05) is 42.5 Å². The normalized spacial score (nSPS) is 21.6. The van der Waals surface area contributed by atoms with Crippen LogP contribution in [0.1, 0.15) is 39.7 Å². The Morgan fingerprint density at radius 2 is 1.44 bits per heavy atom. The molecule has 0 spiro atoms. The van der Waals surface area contributed by atoms with E-state index in [9.17, 15) is 4.79 Å². The molecule has 2 heteroatoms. The Morgan fingerprint density at radius 1 is 0.889 bits per heavy atom. The van der Waals surface area contributed by atoms with E-state index in [4.69, 9.17) is 5.11 Å². The van der Waals surface area contributed by atoms with Gasteiger partial charge in [-0.25, -0.2) is 4.79 Å². The van der Waals surface area contributed by atoms with Crippen molar-refractivity contribution in [1.82, 2.24) is 0 Å². The zero-order valence-electron chi connectivity index (χ0n) is 9.91. The molecule has 1 fully saturated rings. The lowest BCUT2D eigenvalue weighted by Gasteiger charge is -2.02. The first-order valence-electron chi connectivity index (χ1n) is 6.14. The van der Waals surface area contributed by atoms with E-state index < -0.39 is 5.97 Å². The van der Waals surface area contributed by atoms with Crippen LogP contribution in [0.2, 0.25) is 0 Å². The lowest BCUT2D eigenvalue weighted by molar-refractivity contribution is 0.0697. The Balaban J connectivity index is 1.77. The molecule has 2 nitrogen and oxygen atoms in total. The van der Waals surface area contributed by atoms with Crippen molar-refractivity contribution in [3.8, 4) is 0 Å². The minimum atomic E-state index is -0.864. The number of hydrogen-bond acceptors (Lipinski definition) is 1. The van der Waals surface area contributed by atoms with Crippen LogP contribution in [0.4, 0.5) is 0 Å². The van der Waals surface area contributed by atoms with Crippen molar-refractivity contribution in [3.63, 3.8) is 0 Å². The van der Waals surface area contributed by atoms with Crippen molar-refractivity contribution in [1.29, 1.82) is 0 Å². The summed E-state index contributed by atoms with van der Waals surface area (Å²) in [6.45, 7) is 0.